The van der Waals surface area contributed by atoms with E-state index >= 15 is 0 Å². The second kappa shape index (κ2) is 7.78. The molecule has 0 radical (unpaired) electrons. The smallest absolute Gasteiger partial charge is 0.275 e. The first-order valence-corrected chi connectivity index (χ1v) is 12.2. The predicted molar refractivity (Wildman–Crippen MR) is 110 cm³/mol. The van der Waals surface area contributed by atoms with Gasteiger partial charge in [-0.05, 0) is 24.3 Å². The van der Waals surface area contributed by atoms with Gasteiger partial charge in [-0.1, -0.05) is 0 Å². The first-order valence-electron chi connectivity index (χ1n) is 9.35. The van der Waals surface area contributed by atoms with Crippen LogP contribution in [-0.2, 0) is 26.6 Å². The lowest BCUT2D eigenvalue weighted by molar-refractivity contribution is 0.168. The number of sulfonamides is 2. The number of pyridine rings is 1. The number of nitrogens with one attached hydrogen (secondary N) is 1. The number of aromatic amines is 1. The largest absolute Gasteiger partial charge is 0.447 e. The van der Waals surface area contributed by atoms with Crippen LogP contribution >= 0.6 is 0 Å². The molecule has 12 heteroatoms. The van der Waals surface area contributed by atoms with Crippen LogP contribution < -0.4 is 0 Å². The van der Waals surface area contributed by atoms with E-state index in [1.807, 2.05) is 4.90 Å². The molecule has 1 aliphatic rings. The maximum atomic E-state index is 13.1. The SMILES string of the molecule is CN(C)S(=O)(=O)c1ccc(CN2CCN(S(=O)(=O)c3c[nH]c4ncccc34)CC2)o1. The Morgan fingerprint density at radius 3 is 2.53 bits per heavy atom. The summed E-state index contributed by atoms with van der Waals surface area (Å²) in [6.07, 6.45) is 3.09. The lowest BCUT2D eigenvalue weighted by Gasteiger charge is -2.33. The van der Waals surface area contributed by atoms with E-state index in [-0.39, 0.29) is 9.99 Å². The van der Waals surface area contributed by atoms with Crippen molar-refractivity contribution in [2.45, 2.75) is 16.5 Å². The molecule has 0 spiro atoms. The number of nitrogens with zero attached hydrogens (tertiary/aromatic N) is 4. The molecule has 0 amide bonds. The van der Waals surface area contributed by atoms with Crippen molar-refractivity contribution in [1.29, 1.82) is 0 Å². The highest BCUT2D eigenvalue weighted by atomic mass is 32.2. The van der Waals surface area contributed by atoms with Gasteiger partial charge in [0.2, 0.25) is 15.1 Å². The molecule has 0 aliphatic carbocycles. The van der Waals surface area contributed by atoms with Crippen LogP contribution in [0.2, 0.25) is 0 Å². The molecule has 10 nitrogen and oxygen atoms in total. The Morgan fingerprint density at radius 1 is 1.10 bits per heavy atom. The number of hydrogen-bond donors (Lipinski definition) is 1. The van der Waals surface area contributed by atoms with Crippen molar-refractivity contribution < 1.29 is 21.3 Å². The molecule has 0 saturated carbocycles. The first kappa shape index (κ1) is 21.0. The lowest BCUT2D eigenvalue weighted by atomic mass is 10.3. The summed E-state index contributed by atoms with van der Waals surface area (Å²) < 4.78 is 58.5. The molecule has 3 aromatic rings. The van der Waals surface area contributed by atoms with Gasteiger partial charge in [-0.15, -0.1) is 0 Å². The molecule has 1 aliphatic heterocycles. The number of piperazine rings is 1. The third-order valence-electron chi connectivity index (χ3n) is 5.11. The molecule has 0 unspecified atom stereocenters. The predicted octanol–water partition coefficient (Wildman–Crippen LogP) is 0.913. The molecular weight excluding hydrogens is 430 g/mol. The maximum Gasteiger partial charge on any atom is 0.275 e. The average Bonchev–Trinajstić information content (AvgIpc) is 3.36. The standard InChI is InChI=1S/C18H23N5O5S2/c1-21(2)30(26,27)17-6-5-14(28-17)13-22-8-10-23(11-9-22)29(24,25)16-12-20-18-15(16)4-3-7-19-18/h3-7,12H,8-11,13H2,1-2H3,(H,19,20). The minimum atomic E-state index is -3.64. The van der Waals surface area contributed by atoms with Crippen molar-refractivity contribution >= 4 is 31.1 Å². The van der Waals surface area contributed by atoms with Crippen LogP contribution in [0, 0.1) is 0 Å². The highest BCUT2D eigenvalue weighted by Crippen LogP contribution is 2.25. The topological polar surface area (TPSA) is 120 Å². The number of hydrogen-bond acceptors (Lipinski definition) is 7. The Bertz CT molecular complexity index is 1250. The molecular formula is C18H23N5O5S2. The number of furan rings is 1. The van der Waals surface area contributed by atoms with Crippen molar-refractivity contribution in [3.05, 3.63) is 42.4 Å². The Balaban J connectivity index is 1.42. The molecule has 0 atom stereocenters. The fraction of sp³-hybridized carbons (Fsp3) is 0.389. The van der Waals surface area contributed by atoms with Gasteiger partial charge in [-0.3, -0.25) is 4.90 Å². The van der Waals surface area contributed by atoms with Crippen molar-refractivity contribution in [3.63, 3.8) is 0 Å². The van der Waals surface area contributed by atoms with E-state index in [0.29, 0.717) is 49.5 Å². The Labute approximate surface area is 175 Å². The summed E-state index contributed by atoms with van der Waals surface area (Å²) in [5.74, 6) is 0.523. The third-order valence-corrected chi connectivity index (χ3v) is 8.74. The van der Waals surface area contributed by atoms with Crippen LogP contribution in [0.1, 0.15) is 5.76 Å². The molecule has 4 rings (SSSR count). The van der Waals surface area contributed by atoms with Gasteiger partial charge in [0, 0.05) is 58.1 Å². The summed E-state index contributed by atoms with van der Waals surface area (Å²) in [6, 6.07) is 6.52. The van der Waals surface area contributed by atoms with Gasteiger partial charge in [0.15, 0.2) is 0 Å². The van der Waals surface area contributed by atoms with E-state index in [1.165, 1.54) is 30.7 Å². The Morgan fingerprint density at radius 2 is 1.83 bits per heavy atom. The number of fused-ring (bicyclic) bond motifs is 1. The van der Waals surface area contributed by atoms with Gasteiger partial charge >= 0.3 is 0 Å². The summed E-state index contributed by atoms with van der Waals surface area (Å²) in [7, 11) is -4.36. The average molecular weight is 454 g/mol. The van der Waals surface area contributed by atoms with Gasteiger partial charge in [-0.2, -0.15) is 4.31 Å². The van der Waals surface area contributed by atoms with Crippen molar-refractivity contribution in [2.24, 2.45) is 0 Å². The first-order chi connectivity index (χ1) is 14.2. The highest BCUT2D eigenvalue weighted by Gasteiger charge is 2.31. The molecule has 1 saturated heterocycles. The molecule has 0 aromatic carbocycles. The van der Waals surface area contributed by atoms with E-state index in [0.717, 1.165) is 4.31 Å². The van der Waals surface area contributed by atoms with Gasteiger partial charge in [0.25, 0.3) is 10.0 Å². The quantitative estimate of drug-likeness (QED) is 0.589. The third kappa shape index (κ3) is 3.76. The minimum absolute atomic E-state index is 0.100. The lowest BCUT2D eigenvalue weighted by Crippen LogP contribution is -2.48. The second-order valence-electron chi connectivity index (χ2n) is 7.24. The van der Waals surface area contributed by atoms with Gasteiger partial charge in [0.1, 0.15) is 16.3 Å². The Kier molecular flexibility index (Phi) is 5.45. The normalized spacial score (nSPS) is 17.2. The van der Waals surface area contributed by atoms with Crippen LogP contribution in [0.4, 0.5) is 0 Å². The van der Waals surface area contributed by atoms with Crippen LogP contribution in [-0.4, -0.2) is 80.6 Å². The zero-order valence-corrected chi connectivity index (χ0v) is 18.3. The summed E-state index contributed by atoms with van der Waals surface area (Å²) in [5, 5.41) is 0.474. The zero-order valence-electron chi connectivity index (χ0n) is 16.6. The van der Waals surface area contributed by atoms with E-state index in [4.69, 9.17) is 4.42 Å². The maximum absolute atomic E-state index is 13.1. The summed E-state index contributed by atoms with van der Waals surface area (Å²) in [6.45, 7) is 2.10. The van der Waals surface area contributed by atoms with Crippen LogP contribution in [0.5, 0.6) is 0 Å². The van der Waals surface area contributed by atoms with Crippen molar-refractivity contribution in [1.82, 2.24) is 23.5 Å². The molecule has 0 bridgehead atoms. The van der Waals surface area contributed by atoms with Gasteiger partial charge in [-0.25, -0.2) is 26.1 Å². The summed E-state index contributed by atoms with van der Waals surface area (Å²) >= 11 is 0. The number of rotatable bonds is 6. The van der Waals surface area contributed by atoms with Crippen LogP contribution in [0.3, 0.4) is 0 Å². The van der Waals surface area contributed by atoms with Crippen molar-refractivity contribution in [2.75, 3.05) is 40.3 Å². The van der Waals surface area contributed by atoms with Crippen molar-refractivity contribution in [3.8, 4) is 0 Å². The fourth-order valence-corrected chi connectivity index (χ4v) is 5.78. The van der Waals surface area contributed by atoms with Crippen LogP contribution in [0.15, 0.2) is 51.1 Å². The number of H-pyrrole nitrogens is 1. The summed E-state index contributed by atoms with van der Waals surface area (Å²) in [5.41, 5.74) is 0.538. The monoisotopic (exact) mass is 453 g/mol. The molecule has 1 N–H and O–H groups in total. The molecule has 162 valence electrons. The molecule has 30 heavy (non-hydrogen) atoms. The van der Waals surface area contributed by atoms with E-state index in [1.54, 1.807) is 24.4 Å². The van der Waals surface area contributed by atoms with E-state index in [2.05, 4.69) is 9.97 Å². The number of aromatic nitrogens is 2. The molecule has 1 fully saturated rings. The zero-order chi connectivity index (χ0) is 21.5. The van der Waals surface area contributed by atoms with E-state index in [9.17, 15) is 16.8 Å². The molecule has 3 aromatic heterocycles. The fourth-order valence-electron chi connectivity index (χ4n) is 3.39. The van der Waals surface area contributed by atoms with E-state index < -0.39 is 20.0 Å². The van der Waals surface area contributed by atoms with Gasteiger partial charge < -0.3 is 9.40 Å². The molecule has 4 heterocycles. The Hall–Kier alpha value is -2.25. The second-order valence-corrected chi connectivity index (χ2v) is 11.2. The van der Waals surface area contributed by atoms with Gasteiger partial charge in [0.05, 0.1) is 6.54 Å². The summed E-state index contributed by atoms with van der Waals surface area (Å²) in [4.78, 5) is 9.31. The highest BCUT2D eigenvalue weighted by molar-refractivity contribution is 7.89. The minimum Gasteiger partial charge on any atom is -0.447 e. The van der Waals surface area contributed by atoms with Crippen LogP contribution in [0.25, 0.3) is 11.0 Å².